The molecule has 17 heavy (non-hydrogen) atoms. The first-order valence-electron chi connectivity index (χ1n) is 5.78. The highest BCUT2D eigenvalue weighted by atomic mass is 16.3. The fourth-order valence-electron chi connectivity index (χ4n) is 1.26. The molecular weight excluding hydrogens is 218 g/mol. The van der Waals surface area contributed by atoms with Crippen molar-refractivity contribution in [2.45, 2.75) is 51.7 Å². The van der Waals surface area contributed by atoms with Gasteiger partial charge in [0.25, 0.3) is 0 Å². The predicted octanol–water partition coefficient (Wildman–Crippen LogP) is 1.88. The van der Waals surface area contributed by atoms with E-state index in [2.05, 4.69) is 5.32 Å². The van der Waals surface area contributed by atoms with E-state index in [1.54, 1.807) is 40.0 Å². The summed E-state index contributed by atoms with van der Waals surface area (Å²) in [6.07, 6.45) is 2.52. The van der Waals surface area contributed by atoms with Crippen molar-refractivity contribution in [3.8, 4) is 0 Å². The second-order valence-electron chi connectivity index (χ2n) is 5.31. The van der Waals surface area contributed by atoms with Gasteiger partial charge in [-0.25, -0.2) is 0 Å². The van der Waals surface area contributed by atoms with E-state index in [4.69, 9.17) is 4.42 Å². The molecule has 1 heterocycles. The standard InChI is InChI=1S/C13H21NO3/c1-12(2,13(3,4)16)14-11(15)8-7-10-6-5-9-17-10/h5-6,9,16H,7-8H2,1-4H3,(H,14,15). The Bertz CT molecular complexity index is 361. The van der Waals surface area contributed by atoms with Crippen molar-refractivity contribution < 1.29 is 14.3 Å². The minimum atomic E-state index is -0.965. The minimum Gasteiger partial charge on any atom is -0.469 e. The lowest BCUT2D eigenvalue weighted by Gasteiger charge is -2.38. The Morgan fingerprint density at radius 2 is 2.06 bits per heavy atom. The molecule has 96 valence electrons. The highest BCUT2D eigenvalue weighted by molar-refractivity contribution is 5.77. The van der Waals surface area contributed by atoms with E-state index in [9.17, 15) is 9.90 Å². The van der Waals surface area contributed by atoms with E-state index in [-0.39, 0.29) is 5.91 Å². The van der Waals surface area contributed by atoms with Crippen LogP contribution in [0.15, 0.2) is 22.8 Å². The number of rotatable bonds is 5. The maximum Gasteiger partial charge on any atom is 0.220 e. The zero-order valence-corrected chi connectivity index (χ0v) is 10.9. The summed E-state index contributed by atoms with van der Waals surface area (Å²) in [5.74, 6) is 0.703. The van der Waals surface area contributed by atoms with Gasteiger partial charge in [-0.3, -0.25) is 4.79 Å². The summed E-state index contributed by atoms with van der Waals surface area (Å²) in [5.41, 5.74) is -1.62. The summed E-state index contributed by atoms with van der Waals surface area (Å²) in [6.45, 7) is 6.97. The normalized spacial score (nSPS) is 12.5. The number of hydrogen-bond donors (Lipinski definition) is 2. The van der Waals surface area contributed by atoms with Crippen LogP contribution in [0.2, 0.25) is 0 Å². The van der Waals surface area contributed by atoms with Crippen LogP contribution in [0.1, 0.15) is 39.9 Å². The van der Waals surface area contributed by atoms with Crippen molar-refractivity contribution in [2.75, 3.05) is 0 Å². The Morgan fingerprint density at radius 1 is 1.41 bits per heavy atom. The summed E-state index contributed by atoms with van der Waals surface area (Å²) >= 11 is 0. The van der Waals surface area contributed by atoms with Crippen molar-refractivity contribution in [1.29, 1.82) is 0 Å². The number of carbonyl (C=O) groups is 1. The summed E-state index contributed by atoms with van der Waals surface area (Å²) in [4.78, 5) is 11.7. The predicted molar refractivity (Wildman–Crippen MR) is 65.5 cm³/mol. The average Bonchev–Trinajstić information content (AvgIpc) is 2.64. The molecule has 0 unspecified atom stereocenters. The van der Waals surface area contributed by atoms with Crippen molar-refractivity contribution in [2.24, 2.45) is 0 Å². The summed E-state index contributed by atoms with van der Waals surface area (Å²) in [5, 5.41) is 12.7. The van der Waals surface area contributed by atoms with Crippen LogP contribution in [0.3, 0.4) is 0 Å². The molecule has 0 aliphatic rings. The molecule has 1 amide bonds. The van der Waals surface area contributed by atoms with E-state index in [0.717, 1.165) is 5.76 Å². The van der Waals surface area contributed by atoms with Crippen LogP contribution in [0.5, 0.6) is 0 Å². The molecule has 4 nitrogen and oxygen atoms in total. The first kappa shape index (κ1) is 13.8. The van der Waals surface area contributed by atoms with Gasteiger partial charge in [-0.1, -0.05) is 0 Å². The van der Waals surface area contributed by atoms with E-state index in [1.807, 2.05) is 6.07 Å². The fraction of sp³-hybridized carbons (Fsp3) is 0.615. The van der Waals surface area contributed by atoms with E-state index >= 15 is 0 Å². The maximum absolute atomic E-state index is 11.7. The number of hydrogen-bond acceptors (Lipinski definition) is 3. The summed E-state index contributed by atoms with van der Waals surface area (Å²) < 4.78 is 5.15. The number of aliphatic hydroxyl groups is 1. The molecule has 0 spiro atoms. The Morgan fingerprint density at radius 3 is 2.53 bits per heavy atom. The van der Waals surface area contributed by atoms with Gasteiger partial charge in [0.05, 0.1) is 17.4 Å². The van der Waals surface area contributed by atoms with E-state index in [1.165, 1.54) is 0 Å². The van der Waals surface area contributed by atoms with Crippen LogP contribution in [0.25, 0.3) is 0 Å². The third-order valence-electron chi connectivity index (χ3n) is 3.16. The van der Waals surface area contributed by atoms with Crippen molar-refractivity contribution in [3.63, 3.8) is 0 Å². The van der Waals surface area contributed by atoms with Gasteiger partial charge in [0.1, 0.15) is 5.76 Å². The van der Waals surface area contributed by atoms with Gasteiger partial charge < -0.3 is 14.8 Å². The minimum absolute atomic E-state index is 0.0893. The molecule has 0 radical (unpaired) electrons. The number of carbonyl (C=O) groups excluding carboxylic acids is 1. The molecule has 2 N–H and O–H groups in total. The Kier molecular flexibility index (Phi) is 3.98. The lowest BCUT2D eigenvalue weighted by molar-refractivity contribution is -0.126. The molecule has 0 saturated carbocycles. The summed E-state index contributed by atoms with van der Waals surface area (Å²) in [7, 11) is 0. The second kappa shape index (κ2) is 4.92. The smallest absolute Gasteiger partial charge is 0.220 e. The van der Waals surface area contributed by atoms with Crippen LogP contribution in [-0.2, 0) is 11.2 Å². The van der Waals surface area contributed by atoms with Crippen molar-refractivity contribution in [1.82, 2.24) is 5.32 Å². The first-order chi connectivity index (χ1) is 7.72. The Balaban J connectivity index is 2.45. The zero-order chi connectivity index (χ0) is 13.1. The third kappa shape index (κ3) is 3.89. The molecule has 1 aromatic heterocycles. The first-order valence-corrected chi connectivity index (χ1v) is 5.78. The number of aryl methyl sites for hydroxylation is 1. The molecule has 0 atom stereocenters. The molecule has 0 fully saturated rings. The van der Waals surface area contributed by atoms with Crippen LogP contribution >= 0.6 is 0 Å². The highest BCUT2D eigenvalue weighted by Crippen LogP contribution is 2.20. The molecule has 0 aliphatic heterocycles. The van der Waals surface area contributed by atoms with Crippen molar-refractivity contribution in [3.05, 3.63) is 24.2 Å². The van der Waals surface area contributed by atoms with E-state index < -0.39 is 11.1 Å². The van der Waals surface area contributed by atoms with Crippen molar-refractivity contribution >= 4 is 5.91 Å². The van der Waals surface area contributed by atoms with Crippen LogP contribution < -0.4 is 5.32 Å². The molecule has 0 saturated heterocycles. The largest absolute Gasteiger partial charge is 0.469 e. The van der Waals surface area contributed by atoms with Gasteiger partial charge >= 0.3 is 0 Å². The summed E-state index contributed by atoms with van der Waals surface area (Å²) in [6, 6.07) is 3.64. The lowest BCUT2D eigenvalue weighted by atomic mass is 9.86. The highest BCUT2D eigenvalue weighted by Gasteiger charge is 2.36. The molecular formula is C13H21NO3. The Labute approximate surface area is 102 Å². The molecule has 1 rings (SSSR count). The van der Waals surface area contributed by atoms with Gasteiger partial charge in [0, 0.05) is 12.8 Å². The van der Waals surface area contributed by atoms with E-state index in [0.29, 0.717) is 12.8 Å². The monoisotopic (exact) mass is 239 g/mol. The molecule has 0 bridgehead atoms. The topological polar surface area (TPSA) is 62.5 Å². The lowest BCUT2D eigenvalue weighted by Crippen LogP contribution is -2.57. The SMILES string of the molecule is CC(C)(O)C(C)(C)NC(=O)CCc1ccco1. The maximum atomic E-state index is 11.7. The van der Waals surface area contributed by atoms with Gasteiger partial charge in [-0.15, -0.1) is 0 Å². The van der Waals surface area contributed by atoms with Gasteiger partial charge in [-0.2, -0.15) is 0 Å². The van der Waals surface area contributed by atoms with Gasteiger partial charge in [0.2, 0.25) is 5.91 Å². The van der Waals surface area contributed by atoms with Crippen LogP contribution in [-0.4, -0.2) is 22.2 Å². The molecule has 0 aliphatic carbocycles. The second-order valence-corrected chi connectivity index (χ2v) is 5.31. The van der Waals surface area contributed by atoms with Crippen LogP contribution in [0.4, 0.5) is 0 Å². The van der Waals surface area contributed by atoms with Crippen LogP contribution in [0, 0.1) is 0 Å². The number of furan rings is 1. The fourth-order valence-corrected chi connectivity index (χ4v) is 1.26. The number of amides is 1. The average molecular weight is 239 g/mol. The molecule has 4 heteroatoms. The quantitative estimate of drug-likeness (QED) is 0.824. The third-order valence-corrected chi connectivity index (χ3v) is 3.16. The molecule has 1 aromatic rings. The Hall–Kier alpha value is -1.29. The van der Waals surface area contributed by atoms with Gasteiger partial charge in [0.15, 0.2) is 0 Å². The zero-order valence-electron chi connectivity index (χ0n) is 10.9. The van der Waals surface area contributed by atoms with Gasteiger partial charge in [-0.05, 0) is 39.8 Å². The number of nitrogens with one attached hydrogen (secondary N) is 1. The molecule has 0 aromatic carbocycles.